The number of thiazole rings is 1. The summed E-state index contributed by atoms with van der Waals surface area (Å²) in [5.41, 5.74) is 3.99. The average Bonchev–Trinajstić information content (AvgIpc) is 3.68. The molecular formula is C27H33BN7O3S. The fraction of sp³-hybridized carbons (Fsp3) is 0.296. The van der Waals surface area contributed by atoms with Gasteiger partial charge in [0, 0.05) is 43.0 Å². The molecule has 0 aliphatic carbocycles. The Morgan fingerprint density at radius 3 is 2.38 bits per heavy atom. The van der Waals surface area contributed by atoms with Crippen molar-refractivity contribution in [3.05, 3.63) is 65.9 Å². The topological polar surface area (TPSA) is 114 Å². The molecule has 0 unspecified atom stereocenters. The van der Waals surface area contributed by atoms with E-state index in [0.717, 1.165) is 28.9 Å². The zero-order chi connectivity index (χ0) is 28.6. The first-order valence-electron chi connectivity index (χ1n) is 12.3. The Hall–Kier alpha value is -4.19. The van der Waals surface area contributed by atoms with E-state index in [1.165, 1.54) is 16.2 Å². The molecule has 3 aromatic heterocycles. The number of carbonyl (C=O) groups excluding carboxylic acids is 3. The van der Waals surface area contributed by atoms with Crippen LogP contribution in [0.3, 0.4) is 0 Å². The third-order valence-electron chi connectivity index (χ3n) is 5.38. The van der Waals surface area contributed by atoms with Gasteiger partial charge in [-0.15, -0.1) is 11.3 Å². The lowest BCUT2D eigenvalue weighted by Crippen LogP contribution is -2.32. The molecule has 0 fully saturated rings. The molecule has 1 aromatic carbocycles. The van der Waals surface area contributed by atoms with Gasteiger partial charge in [0.05, 0.1) is 29.0 Å². The second-order valence-electron chi connectivity index (χ2n) is 9.84. The number of anilines is 1. The number of nitrogens with zero attached hydrogens (tertiary/aromatic N) is 5. The number of amides is 3. The van der Waals surface area contributed by atoms with Crippen LogP contribution in [0, 0.1) is 0 Å². The predicted octanol–water partition coefficient (Wildman–Crippen LogP) is 3.82. The van der Waals surface area contributed by atoms with Crippen molar-refractivity contribution >= 4 is 42.1 Å². The van der Waals surface area contributed by atoms with Crippen molar-refractivity contribution in [2.24, 2.45) is 0 Å². The molecule has 203 valence electrons. The number of benzene rings is 1. The van der Waals surface area contributed by atoms with Crippen LogP contribution in [0.15, 0.2) is 60.4 Å². The molecule has 0 saturated carbocycles. The first-order valence-corrected chi connectivity index (χ1v) is 13.2. The van der Waals surface area contributed by atoms with Crippen LogP contribution < -0.4 is 10.6 Å². The molecule has 0 spiro atoms. The van der Waals surface area contributed by atoms with Gasteiger partial charge in [-0.25, -0.2) is 4.98 Å². The molecule has 2 N–H and O–H groups in total. The fourth-order valence-electron chi connectivity index (χ4n) is 3.29. The molecular weight excluding hydrogens is 513 g/mol. The SMILES string of the molecule is CN(C)C=O.C[B]n1ccc(C(=O)NCC(=O)Nc2nc(-c3cccc(-c4ccn(C(C)(C)C)n4)c3)cs2)c1. The summed E-state index contributed by atoms with van der Waals surface area (Å²) in [6, 6.07) is 11.7. The lowest BCUT2D eigenvalue weighted by atomic mass is 10.0. The van der Waals surface area contributed by atoms with Gasteiger partial charge in [0.25, 0.3) is 5.91 Å². The summed E-state index contributed by atoms with van der Waals surface area (Å²) in [4.78, 5) is 39.9. The maximum atomic E-state index is 12.3. The van der Waals surface area contributed by atoms with E-state index >= 15 is 0 Å². The van der Waals surface area contributed by atoms with Gasteiger partial charge < -0.3 is 20.0 Å². The highest BCUT2D eigenvalue weighted by Crippen LogP contribution is 2.29. The zero-order valence-electron chi connectivity index (χ0n) is 23.0. The number of aromatic nitrogens is 4. The van der Waals surface area contributed by atoms with Crippen LogP contribution in [0.4, 0.5) is 5.13 Å². The van der Waals surface area contributed by atoms with E-state index in [4.69, 9.17) is 5.10 Å². The van der Waals surface area contributed by atoms with Crippen molar-refractivity contribution < 1.29 is 14.4 Å². The molecule has 0 saturated heterocycles. The highest BCUT2D eigenvalue weighted by atomic mass is 32.1. The van der Waals surface area contributed by atoms with Crippen molar-refractivity contribution in [2.75, 3.05) is 26.0 Å². The van der Waals surface area contributed by atoms with Gasteiger partial charge in [-0.05, 0) is 45.2 Å². The van der Waals surface area contributed by atoms with Gasteiger partial charge in [0.1, 0.15) is 0 Å². The van der Waals surface area contributed by atoms with Crippen LogP contribution in [-0.4, -0.2) is 70.4 Å². The lowest BCUT2D eigenvalue weighted by Gasteiger charge is -2.18. The van der Waals surface area contributed by atoms with Gasteiger partial charge in [0.2, 0.25) is 19.7 Å². The van der Waals surface area contributed by atoms with E-state index in [9.17, 15) is 14.4 Å². The molecule has 1 radical (unpaired) electrons. The normalized spacial score (nSPS) is 10.7. The first kappa shape index (κ1) is 29.4. The van der Waals surface area contributed by atoms with Crippen LogP contribution in [0.5, 0.6) is 0 Å². The van der Waals surface area contributed by atoms with Gasteiger partial charge in [0.15, 0.2) is 5.13 Å². The van der Waals surface area contributed by atoms with Crippen LogP contribution in [0.25, 0.3) is 22.5 Å². The quantitative estimate of drug-likeness (QED) is 0.258. The highest BCUT2D eigenvalue weighted by molar-refractivity contribution is 7.14. The minimum absolute atomic E-state index is 0.0867. The van der Waals surface area contributed by atoms with E-state index in [1.807, 2.05) is 60.8 Å². The molecule has 0 aliphatic rings. The minimum atomic E-state index is -0.336. The second-order valence-corrected chi connectivity index (χ2v) is 10.7. The number of nitrogens with one attached hydrogen (secondary N) is 2. The molecule has 4 rings (SSSR count). The van der Waals surface area contributed by atoms with E-state index in [1.54, 1.807) is 37.0 Å². The Kier molecular flexibility index (Phi) is 9.83. The van der Waals surface area contributed by atoms with Gasteiger partial charge in [-0.3, -0.25) is 19.1 Å². The van der Waals surface area contributed by atoms with Crippen molar-refractivity contribution in [1.82, 2.24) is 29.5 Å². The Labute approximate surface area is 233 Å². The van der Waals surface area contributed by atoms with Crippen molar-refractivity contribution in [1.29, 1.82) is 0 Å². The van der Waals surface area contributed by atoms with E-state index < -0.39 is 0 Å². The summed E-state index contributed by atoms with van der Waals surface area (Å²) in [6.45, 7) is 8.06. The largest absolute Gasteiger partial charge is 0.402 e. The summed E-state index contributed by atoms with van der Waals surface area (Å²) in [5.74, 6) is -0.640. The van der Waals surface area contributed by atoms with Crippen LogP contribution in [0.2, 0.25) is 6.82 Å². The molecule has 3 amide bonds. The zero-order valence-corrected chi connectivity index (χ0v) is 23.8. The lowest BCUT2D eigenvalue weighted by molar-refractivity contribution is -0.116. The standard InChI is InChI=1S/C24H26BN6O2S.C3H7NO/c1-24(2,3)31-11-9-19(29-31)16-6-5-7-17(12-16)20-15-34-23(27-20)28-21(32)13-26-22(33)18-8-10-30(14-18)25-4;1-4(2)3-5/h5-12,14-15H,13H2,1-4H3,(H,26,33)(H,27,28,32);3H,1-2H3. The van der Waals surface area contributed by atoms with Crippen LogP contribution >= 0.6 is 11.3 Å². The first-order chi connectivity index (χ1) is 18.5. The summed E-state index contributed by atoms with van der Waals surface area (Å²) in [5, 5.41) is 12.4. The number of carbonyl (C=O) groups is 3. The summed E-state index contributed by atoms with van der Waals surface area (Å²) in [7, 11) is 5.21. The highest BCUT2D eigenvalue weighted by Gasteiger charge is 2.16. The van der Waals surface area contributed by atoms with E-state index in [2.05, 4.69) is 36.4 Å². The molecule has 0 bridgehead atoms. The Bertz CT molecular complexity index is 1420. The summed E-state index contributed by atoms with van der Waals surface area (Å²) in [6.07, 6.45) is 6.20. The molecule has 3 heterocycles. The maximum Gasteiger partial charge on any atom is 0.253 e. The second kappa shape index (κ2) is 13.1. The summed E-state index contributed by atoms with van der Waals surface area (Å²) < 4.78 is 3.72. The van der Waals surface area contributed by atoms with Crippen molar-refractivity contribution in [3.8, 4) is 22.5 Å². The molecule has 0 aliphatic heterocycles. The third kappa shape index (κ3) is 8.40. The van der Waals surface area contributed by atoms with Gasteiger partial charge in [-0.1, -0.05) is 25.0 Å². The maximum absolute atomic E-state index is 12.3. The van der Waals surface area contributed by atoms with E-state index in [-0.39, 0.29) is 23.9 Å². The Balaban J connectivity index is 0.000000771. The van der Waals surface area contributed by atoms with E-state index in [0.29, 0.717) is 10.7 Å². The number of rotatable bonds is 8. The predicted molar refractivity (Wildman–Crippen MR) is 156 cm³/mol. The van der Waals surface area contributed by atoms with Crippen LogP contribution in [-0.2, 0) is 15.1 Å². The monoisotopic (exact) mass is 546 g/mol. The van der Waals surface area contributed by atoms with Crippen LogP contribution in [0.1, 0.15) is 31.1 Å². The average molecular weight is 546 g/mol. The molecule has 39 heavy (non-hydrogen) atoms. The third-order valence-corrected chi connectivity index (χ3v) is 6.13. The molecule has 12 heteroatoms. The number of hydrogen-bond donors (Lipinski definition) is 2. The molecule has 10 nitrogen and oxygen atoms in total. The van der Waals surface area contributed by atoms with Crippen molar-refractivity contribution in [2.45, 2.75) is 33.1 Å². The molecule has 4 aromatic rings. The number of hydrogen-bond acceptors (Lipinski definition) is 6. The Morgan fingerprint density at radius 1 is 1.10 bits per heavy atom. The van der Waals surface area contributed by atoms with Gasteiger partial charge in [-0.2, -0.15) is 5.10 Å². The fourth-order valence-corrected chi connectivity index (χ4v) is 4.02. The molecule has 0 atom stereocenters. The summed E-state index contributed by atoms with van der Waals surface area (Å²) >= 11 is 1.34. The van der Waals surface area contributed by atoms with Crippen molar-refractivity contribution in [3.63, 3.8) is 0 Å². The minimum Gasteiger partial charge on any atom is -0.402 e. The Morgan fingerprint density at radius 2 is 1.79 bits per heavy atom. The van der Waals surface area contributed by atoms with Gasteiger partial charge >= 0.3 is 0 Å². The smallest absolute Gasteiger partial charge is 0.253 e.